The zero-order chi connectivity index (χ0) is 20.3. The lowest BCUT2D eigenvalue weighted by Gasteiger charge is -2.22. The van der Waals surface area contributed by atoms with Gasteiger partial charge in [-0.2, -0.15) is 0 Å². The second kappa shape index (κ2) is 8.55. The molecule has 2 aliphatic heterocycles. The topological polar surface area (TPSA) is 60.9 Å². The summed E-state index contributed by atoms with van der Waals surface area (Å²) in [5.41, 5.74) is 2.55. The number of carbonyl (C=O) groups is 1. The van der Waals surface area contributed by atoms with Gasteiger partial charge in [0, 0.05) is 44.8 Å². The average Bonchev–Trinajstić information content (AvgIpc) is 2.94. The first-order valence-electron chi connectivity index (χ1n) is 10.2. The fraction of sp³-hybridized carbons (Fsp3) is 0.409. The number of carbonyl (C=O) groups excluding carboxylic acids is 1. The predicted octanol–water partition coefficient (Wildman–Crippen LogP) is 2.57. The van der Waals surface area contributed by atoms with Crippen LogP contribution < -0.4 is 4.31 Å². The van der Waals surface area contributed by atoms with Gasteiger partial charge in [0.15, 0.2) is 0 Å². The van der Waals surface area contributed by atoms with E-state index in [1.54, 1.807) is 24.3 Å². The van der Waals surface area contributed by atoms with Crippen molar-refractivity contribution in [1.29, 1.82) is 0 Å². The molecule has 6 nitrogen and oxygen atoms in total. The Balaban J connectivity index is 1.38. The molecule has 2 fully saturated rings. The van der Waals surface area contributed by atoms with Crippen molar-refractivity contribution >= 4 is 21.6 Å². The number of rotatable bonds is 4. The van der Waals surface area contributed by atoms with Gasteiger partial charge < -0.3 is 4.90 Å². The zero-order valence-corrected chi connectivity index (χ0v) is 17.4. The molecule has 154 valence electrons. The van der Waals surface area contributed by atoms with Gasteiger partial charge in [0.1, 0.15) is 0 Å². The highest BCUT2D eigenvalue weighted by Crippen LogP contribution is 2.24. The molecule has 29 heavy (non-hydrogen) atoms. The van der Waals surface area contributed by atoms with Gasteiger partial charge in [0.05, 0.1) is 11.4 Å². The molecule has 1 amide bonds. The molecule has 4 rings (SSSR count). The summed E-state index contributed by atoms with van der Waals surface area (Å²) < 4.78 is 25.6. The Hall–Kier alpha value is -2.38. The van der Waals surface area contributed by atoms with E-state index in [0.717, 1.165) is 32.6 Å². The molecule has 0 aromatic heterocycles. The third kappa shape index (κ3) is 4.62. The highest BCUT2D eigenvalue weighted by molar-refractivity contribution is 7.93. The number of hydrogen-bond donors (Lipinski definition) is 0. The van der Waals surface area contributed by atoms with Crippen molar-refractivity contribution < 1.29 is 13.2 Å². The zero-order valence-electron chi connectivity index (χ0n) is 16.5. The van der Waals surface area contributed by atoms with Crippen LogP contribution in [0.1, 0.15) is 28.8 Å². The largest absolute Gasteiger partial charge is 0.337 e. The third-order valence-electron chi connectivity index (χ3n) is 5.63. The van der Waals surface area contributed by atoms with Crippen LogP contribution in [0.5, 0.6) is 0 Å². The summed E-state index contributed by atoms with van der Waals surface area (Å²) >= 11 is 0. The fourth-order valence-corrected chi connectivity index (χ4v) is 5.62. The predicted molar refractivity (Wildman–Crippen MR) is 114 cm³/mol. The monoisotopic (exact) mass is 413 g/mol. The molecule has 0 atom stereocenters. The van der Waals surface area contributed by atoms with Crippen molar-refractivity contribution in [3.8, 4) is 0 Å². The summed E-state index contributed by atoms with van der Waals surface area (Å²) in [5.74, 6) is 0.211. The van der Waals surface area contributed by atoms with Gasteiger partial charge in [-0.15, -0.1) is 0 Å². The molecule has 2 aromatic rings. The van der Waals surface area contributed by atoms with Gasteiger partial charge in [-0.3, -0.25) is 14.0 Å². The summed E-state index contributed by atoms with van der Waals surface area (Å²) in [6.07, 6.45) is 1.60. The first-order chi connectivity index (χ1) is 14.0. The van der Waals surface area contributed by atoms with E-state index in [9.17, 15) is 13.2 Å². The minimum absolute atomic E-state index is 0.0161. The van der Waals surface area contributed by atoms with Crippen LogP contribution in [0.4, 0.5) is 5.69 Å². The Labute approximate surface area is 172 Å². The van der Waals surface area contributed by atoms with Gasteiger partial charge in [0.25, 0.3) is 5.91 Å². The number of hydrogen-bond acceptors (Lipinski definition) is 4. The van der Waals surface area contributed by atoms with Crippen molar-refractivity contribution in [3.63, 3.8) is 0 Å². The molecule has 0 saturated carbocycles. The Morgan fingerprint density at radius 3 is 2.28 bits per heavy atom. The first kappa shape index (κ1) is 19.9. The van der Waals surface area contributed by atoms with Crippen LogP contribution in [0, 0.1) is 0 Å². The van der Waals surface area contributed by atoms with Crippen molar-refractivity contribution in [1.82, 2.24) is 9.80 Å². The van der Waals surface area contributed by atoms with Gasteiger partial charge in [-0.1, -0.05) is 30.3 Å². The summed E-state index contributed by atoms with van der Waals surface area (Å²) in [5, 5.41) is 0. The summed E-state index contributed by atoms with van der Waals surface area (Å²) in [7, 11) is -3.20. The van der Waals surface area contributed by atoms with E-state index in [4.69, 9.17) is 0 Å². The number of amides is 1. The van der Waals surface area contributed by atoms with Crippen LogP contribution in [-0.2, 0) is 16.6 Å². The lowest BCUT2D eigenvalue weighted by molar-refractivity contribution is 0.0761. The molecule has 2 heterocycles. The standard InChI is InChI=1S/C22H27N3O3S/c26-22(20-8-10-21(11-9-20)25-14-5-17-29(25,27)28)24-13-4-12-23(15-16-24)18-19-6-2-1-3-7-19/h1-3,6-11H,4-5,12-18H2. The summed E-state index contributed by atoms with van der Waals surface area (Å²) in [6.45, 7) is 4.69. The van der Waals surface area contributed by atoms with Gasteiger partial charge in [-0.25, -0.2) is 8.42 Å². The van der Waals surface area contributed by atoms with Crippen LogP contribution >= 0.6 is 0 Å². The van der Waals surface area contributed by atoms with Crippen LogP contribution in [0.2, 0.25) is 0 Å². The van der Waals surface area contributed by atoms with E-state index in [1.807, 2.05) is 11.0 Å². The minimum Gasteiger partial charge on any atom is -0.337 e. The lowest BCUT2D eigenvalue weighted by atomic mass is 10.1. The summed E-state index contributed by atoms with van der Waals surface area (Å²) in [6, 6.07) is 17.4. The summed E-state index contributed by atoms with van der Waals surface area (Å²) in [4.78, 5) is 17.3. The minimum atomic E-state index is -3.20. The number of benzene rings is 2. The molecule has 0 N–H and O–H groups in total. The second-order valence-electron chi connectivity index (χ2n) is 7.70. The van der Waals surface area contributed by atoms with E-state index >= 15 is 0 Å². The van der Waals surface area contributed by atoms with E-state index in [2.05, 4.69) is 29.2 Å². The molecular weight excluding hydrogens is 386 g/mol. The molecule has 0 spiro atoms. The molecule has 2 aromatic carbocycles. The van der Waals surface area contributed by atoms with Crippen LogP contribution in [0.15, 0.2) is 54.6 Å². The van der Waals surface area contributed by atoms with Crippen LogP contribution in [0.25, 0.3) is 0 Å². The van der Waals surface area contributed by atoms with Crippen molar-refractivity contribution in [2.24, 2.45) is 0 Å². The number of nitrogens with zero attached hydrogens (tertiary/aromatic N) is 3. The quantitative estimate of drug-likeness (QED) is 0.773. The van der Waals surface area contributed by atoms with Crippen LogP contribution in [0.3, 0.4) is 0 Å². The molecule has 0 aliphatic carbocycles. The molecule has 0 unspecified atom stereocenters. The number of sulfonamides is 1. The normalized spacial score (nSPS) is 19.9. The SMILES string of the molecule is O=C(c1ccc(N2CCCS2(=O)=O)cc1)N1CCCN(Cc2ccccc2)CC1. The highest BCUT2D eigenvalue weighted by Gasteiger charge is 2.28. The smallest absolute Gasteiger partial charge is 0.253 e. The van der Waals surface area contributed by atoms with E-state index < -0.39 is 10.0 Å². The van der Waals surface area contributed by atoms with Crippen molar-refractivity contribution in [2.75, 3.05) is 42.8 Å². The Morgan fingerprint density at radius 1 is 0.828 bits per heavy atom. The second-order valence-corrected chi connectivity index (χ2v) is 9.71. The maximum atomic E-state index is 13.0. The lowest BCUT2D eigenvalue weighted by Crippen LogP contribution is -2.35. The average molecular weight is 414 g/mol. The Bertz CT molecular complexity index is 945. The van der Waals surface area contributed by atoms with Gasteiger partial charge in [0.2, 0.25) is 10.0 Å². The first-order valence-corrected chi connectivity index (χ1v) is 11.8. The third-order valence-corrected chi connectivity index (χ3v) is 7.50. The number of anilines is 1. The van der Waals surface area contributed by atoms with Gasteiger partial charge in [-0.05, 0) is 42.7 Å². The van der Waals surface area contributed by atoms with E-state index in [-0.39, 0.29) is 11.7 Å². The van der Waals surface area contributed by atoms with Crippen LogP contribution in [-0.4, -0.2) is 62.6 Å². The fourth-order valence-electron chi connectivity index (χ4n) is 4.06. The maximum Gasteiger partial charge on any atom is 0.253 e. The molecule has 0 bridgehead atoms. The molecule has 2 aliphatic rings. The highest BCUT2D eigenvalue weighted by atomic mass is 32.2. The van der Waals surface area contributed by atoms with E-state index in [0.29, 0.717) is 30.8 Å². The van der Waals surface area contributed by atoms with E-state index in [1.165, 1.54) is 9.87 Å². The van der Waals surface area contributed by atoms with Crippen molar-refractivity contribution in [2.45, 2.75) is 19.4 Å². The molecule has 2 saturated heterocycles. The van der Waals surface area contributed by atoms with Crippen molar-refractivity contribution in [3.05, 3.63) is 65.7 Å². The Morgan fingerprint density at radius 2 is 1.59 bits per heavy atom. The molecule has 0 radical (unpaired) electrons. The maximum absolute atomic E-state index is 13.0. The molecule has 7 heteroatoms. The molecular formula is C22H27N3O3S. The van der Waals surface area contributed by atoms with Gasteiger partial charge >= 0.3 is 0 Å². The Kier molecular flexibility index (Phi) is 5.87.